The summed E-state index contributed by atoms with van der Waals surface area (Å²) in [5.74, 6) is 1.70. The maximum Gasteiger partial charge on any atom is 0.238 e. The van der Waals surface area contributed by atoms with Crippen LogP contribution in [0.5, 0.6) is 17.2 Å². The molecule has 1 aliphatic heterocycles. The highest BCUT2D eigenvalue weighted by Crippen LogP contribution is 2.36. The molecule has 2 heterocycles. The number of aromatic nitrogens is 1. The van der Waals surface area contributed by atoms with Gasteiger partial charge in [-0.15, -0.1) is 0 Å². The number of fused-ring (bicyclic) bond motifs is 3. The molecule has 0 saturated carbocycles. The van der Waals surface area contributed by atoms with Gasteiger partial charge in [-0.1, -0.05) is 54.8 Å². The van der Waals surface area contributed by atoms with E-state index in [0.29, 0.717) is 41.1 Å². The fraction of sp³-hybridized carbons (Fsp3) is 0.323. The second-order valence-corrected chi connectivity index (χ2v) is 10.1. The van der Waals surface area contributed by atoms with Crippen molar-refractivity contribution >= 4 is 34.1 Å². The van der Waals surface area contributed by atoms with E-state index in [9.17, 15) is 4.79 Å². The predicted molar refractivity (Wildman–Crippen MR) is 153 cm³/mol. The molecule has 4 aromatic rings. The maximum absolute atomic E-state index is 13.3. The van der Waals surface area contributed by atoms with Crippen molar-refractivity contribution in [2.45, 2.75) is 45.7 Å². The monoisotopic (exact) mass is 531 g/mol. The van der Waals surface area contributed by atoms with Crippen LogP contribution in [0, 0.1) is 0 Å². The summed E-state index contributed by atoms with van der Waals surface area (Å²) < 4.78 is 14.5. The van der Waals surface area contributed by atoms with Gasteiger partial charge in [-0.05, 0) is 68.3 Å². The lowest BCUT2D eigenvalue weighted by molar-refractivity contribution is -0.117. The summed E-state index contributed by atoms with van der Waals surface area (Å²) in [6, 6.07) is 21.3. The molecule has 0 atom stereocenters. The molecule has 0 unspecified atom stereocenters. The molecule has 0 aliphatic carbocycles. The van der Waals surface area contributed by atoms with Crippen molar-refractivity contribution in [3.05, 3.63) is 83.5 Å². The molecule has 1 aliphatic rings. The number of amides is 1. The average Bonchev–Trinajstić information content (AvgIpc) is 3.27. The molecule has 0 spiro atoms. The lowest BCUT2D eigenvalue weighted by atomic mass is 10.1. The summed E-state index contributed by atoms with van der Waals surface area (Å²) in [5.41, 5.74) is 3.00. The summed E-state index contributed by atoms with van der Waals surface area (Å²) in [6.07, 6.45) is 6.35. The summed E-state index contributed by atoms with van der Waals surface area (Å²) in [4.78, 5) is 15.6. The molecule has 7 heteroatoms. The van der Waals surface area contributed by atoms with Gasteiger partial charge >= 0.3 is 0 Å². The fourth-order valence-electron chi connectivity index (χ4n) is 4.99. The van der Waals surface area contributed by atoms with Crippen LogP contribution in [-0.4, -0.2) is 35.1 Å². The highest BCUT2D eigenvalue weighted by molar-refractivity contribution is 6.31. The van der Waals surface area contributed by atoms with E-state index in [-0.39, 0.29) is 12.5 Å². The van der Waals surface area contributed by atoms with Gasteiger partial charge in [0.1, 0.15) is 0 Å². The Morgan fingerprint density at radius 1 is 0.921 bits per heavy atom. The first-order valence-corrected chi connectivity index (χ1v) is 13.8. The molecule has 5 rings (SSSR count). The van der Waals surface area contributed by atoms with Gasteiger partial charge in [0.2, 0.25) is 5.91 Å². The first-order chi connectivity index (χ1) is 18.6. The van der Waals surface area contributed by atoms with Crippen molar-refractivity contribution in [1.82, 2.24) is 9.47 Å². The third-order valence-electron chi connectivity index (χ3n) is 6.88. The standard InChI is InChI=1S/C31H34ClN3O3/c1-2-35-21-23(25-11-5-6-12-27(25)35)20-34-17-9-3-4-10-18-37-29-13-7-8-14-30(29)38-28-16-15-24(32)19-26(28)33-31(36)22-34/h5-8,11-16,19,21H,2-4,9-10,17-18,20,22H2,1H3,(H,33,36). The molecule has 198 valence electrons. The Hall–Kier alpha value is -3.48. The minimum absolute atomic E-state index is 0.104. The van der Waals surface area contributed by atoms with Gasteiger partial charge in [0.05, 0.1) is 18.8 Å². The molecule has 1 N–H and O–H groups in total. The largest absolute Gasteiger partial charge is 0.490 e. The van der Waals surface area contributed by atoms with Crippen molar-refractivity contribution in [3.63, 3.8) is 0 Å². The van der Waals surface area contributed by atoms with E-state index in [1.54, 1.807) is 18.2 Å². The quantitative estimate of drug-likeness (QED) is 0.297. The van der Waals surface area contributed by atoms with Crippen LogP contribution in [-0.2, 0) is 17.9 Å². The van der Waals surface area contributed by atoms with Crippen LogP contribution in [0.4, 0.5) is 5.69 Å². The van der Waals surface area contributed by atoms with Crippen LogP contribution in [0.3, 0.4) is 0 Å². The van der Waals surface area contributed by atoms with Gasteiger partial charge in [0.15, 0.2) is 17.2 Å². The van der Waals surface area contributed by atoms with Crippen molar-refractivity contribution in [3.8, 4) is 17.2 Å². The summed E-state index contributed by atoms with van der Waals surface area (Å²) >= 11 is 6.30. The van der Waals surface area contributed by atoms with Crippen LogP contribution in [0.15, 0.2) is 72.9 Å². The smallest absolute Gasteiger partial charge is 0.238 e. The van der Waals surface area contributed by atoms with E-state index in [2.05, 4.69) is 52.2 Å². The third kappa shape index (κ3) is 6.32. The molecule has 0 fully saturated rings. The first kappa shape index (κ1) is 26.1. The Bertz CT molecular complexity index is 1400. The molecule has 6 nitrogen and oxygen atoms in total. The normalized spacial score (nSPS) is 15.7. The molecule has 0 bridgehead atoms. The van der Waals surface area contributed by atoms with Crippen LogP contribution in [0.2, 0.25) is 5.02 Å². The van der Waals surface area contributed by atoms with Gasteiger partial charge in [-0.3, -0.25) is 9.69 Å². The zero-order chi connectivity index (χ0) is 26.3. The molecule has 0 radical (unpaired) electrons. The average molecular weight is 532 g/mol. The van der Waals surface area contributed by atoms with E-state index in [4.69, 9.17) is 21.1 Å². The van der Waals surface area contributed by atoms with Crippen molar-refractivity contribution in [1.29, 1.82) is 0 Å². The molecule has 0 saturated heterocycles. The Balaban J connectivity index is 1.41. The highest BCUT2D eigenvalue weighted by Gasteiger charge is 2.18. The van der Waals surface area contributed by atoms with Gasteiger partial charge in [0, 0.05) is 35.2 Å². The SMILES string of the molecule is CCn1cc(CN2CCCCCCOc3ccccc3Oc3ccc(Cl)cc3NC(=O)C2)c2ccccc21. The number of para-hydroxylation sites is 3. The van der Waals surface area contributed by atoms with Gasteiger partial charge in [-0.2, -0.15) is 0 Å². The number of halogens is 1. The Morgan fingerprint density at radius 3 is 2.58 bits per heavy atom. The number of carbonyl (C=O) groups excluding carboxylic acids is 1. The van der Waals surface area contributed by atoms with Crippen LogP contribution >= 0.6 is 11.6 Å². The minimum Gasteiger partial charge on any atom is -0.490 e. The Kier molecular flexibility index (Phi) is 8.51. The number of hydrogen-bond donors (Lipinski definition) is 1. The zero-order valence-corrected chi connectivity index (χ0v) is 22.5. The maximum atomic E-state index is 13.3. The number of hydrogen-bond acceptors (Lipinski definition) is 4. The molecule has 38 heavy (non-hydrogen) atoms. The number of nitrogens with one attached hydrogen (secondary N) is 1. The number of nitrogens with zero attached hydrogens (tertiary/aromatic N) is 2. The number of carbonyl (C=O) groups is 1. The lowest BCUT2D eigenvalue weighted by Gasteiger charge is -2.22. The highest BCUT2D eigenvalue weighted by atomic mass is 35.5. The molecular formula is C31H34ClN3O3. The Morgan fingerprint density at radius 2 is 1.71 bits per heavy atom. The van der Waals surface area contributed by atoms with Gasteiger partial charge < -0.3 is 19.4 Å². The van der Waals surface area contributed by atoms with Crippen molar-refractivity contribution in [2.75, 3.05) is 25.0 Å². The zero-order valence-electron chi connectivity index (χ0n) is 21.8. The lowest BCUT2D eigenvalue weighted by Crippen LogP contribution is -2.33. The molecule has 1 aromatic heterocycles. The van der Waals surface area contributed by atoms with E-state index in [1.807, 2.05) is 24.3 Å². The first-order valence-electron chi connectivity index (χ1n) is 13.4. The Labute approximate surface area is 229 Å². The van der Waals surface area contributed by atoms with E-state index >= 15 is 0 Å². The molecule has 1 amide bonds. The van der Waals surface area contributed by atoms with Crippen LogP contribution in [0.1, 0.15) is 38.2 Å². The van der Waals surface area contributed by atoms with Crippen LogP contribution in [0.25, 0.3) is 10.9 Å². The van der Waals surface area contributed by atoms with Gasteiger partial charge in [-0.25, -0.2) is 0 Å². The summed E-state index contributed by atoms with van der Waals surface area (Å²) in [6.45, 7) is 5.51. The second-order valence-electron chi connectivity index (χ2n) is 9.67. The fourth-order valence-corrected chi connectivity index (χ4v) is 5.16. The van der Waals surface area contributed by atoms with Gasteiger partial charge in [0.25, 0.3) is 0 Å². The number of ether oxygens (including phenoxy) is 2. The number of anilines is 1. The predicted octanol–water partition coefficient (Wildman–Crippen LogP) is 7.50. The summed E-state index contributed by atoms with van der Waals surface area (Å²) in [7, 11) is 0. The minimum atomic E-state index is -0.104. The van der Waals surface area contributed by atoms with Crippen molar-refractivity contribution in [2.24, 2.45) is 0 Å². The molecule has 3 aromatic carbocycles. The van der Waals surface area contributed by atoms with Crippen molar-refractivity contribution < 1.29 is 14.3 Å². The summed E-state index contributed by atoms with van der Waals surface area (Å²) in [5, 5.41) is 4.81. The third-order valence-corrected chi connectivity index (χ3v) is 7.12. The second kappa shape index (κ2) is 12.4. The molecular weight excluding hydrogens is 498 g/mol. The van der Waals surface area contributed by atoms with Crippen LogP contribution < -0.4 is 14.8 Å². The van der Waals surface area contributed by atoms with E-state index in [0.717, 1.165) is 38.8 Å². The number of benzene rings is 3. The number of aryl methyl sites for hydroxylation is 1. The van der Waals surface area contributed by atoms with E-state index in [1.165, 1.54) is 16.5 Å². The van der Waals surface area contributed by atoms with E-state index < -0.39 is 0 Å². The topological polar surface area (TPSA) is 55.7 Å². The number of rotatable bonds is 3.